The Bertz CT molecular complexity index is 613. The Morgan fingerprint density at radius 2 is 2.18 bits per heavy atom. The normalized spacial score (nSPS) is 20.1. The van der Waals surface area contributed by atoms with E-state index in [0.717, 1.165) is 43.8 Å². The summed E-state index contributed by atoms with van der Waals surface area (Å²) in [5.74, 6) is 0.890. The molecular formula is C17H21N3O2. The number of benzene rings is 1. The molecule has 1 saturated heterocycles. The zero-order valence-electron chi connectivity index (χ0n) is 12.9. The molecule has 1 spiro atoms. The molecule has 1 N–H and O–H groups in total. The third kappa shape index (κ3) is 2.67. The van der Waals surface area contributed by atoms with Gasteiger partial charge in [-0.1, -0.05) is 6.07 Å². The van der Waals surface area contributed by atoms with Gasteiger partial charge in [-0.05, 0) is 36.1 Å². The average Bonchev–Trinajstić information content (AvgIpc) is 2.53. The minimum Gasteiger partial charge on any atom is -0.497 e. The summed E-state index contributed by atoms with van der Waals surface area (Å²) >= 11 is 0. The van der Waals surface area contributed by atoms with Crippen molar-refractivity contribution in [3.63, 3.8) is 0 Å². The van der Waals surface area contributed by atoms with Crippen molar-refractivity contribution in [1.29, 1.82) is 5.26 Å². The van der Waals surface area contributed by atoms with Gasteiger partial charge in [0, 0.05) is 26.1 Å². The van der Waals surface area contributed by atoms with E-state index in [4.69, 9.17) is 10.00 Å². The predicted octanol–water partition coefficient (Wildman–Crippen LogP) is 1.57. The Labute approximate surface area is 130 Å². The Balaban J connectivity index is 1.84. The van der Waals surface area contributed by atoms with Crippen molar-refractivity contribution < 1.29 is 9.53 Å². The molecule has 3 rings (SSSR count). The number of ether oxygens (including phenoxy) is 1. The van der Waals surface area contributed by atoms with E-state index in [1.165, 1.54) is 5.56 Å². The maximum atomic E-state index is 12.1. The van der Waals surface area contributed by atoms with Gasteiger partial charge < -0.3 is 15.0 Å². The van der Waals surface area contributed by atoms with Crippen LogP contribution in [0, 0.1) is 11.3 Å². The van der Waals surface area contributed by atoms with Gasteiger partial charge in [0.2, 0.25) is 5.91 Å². The molecule has 2 heterocycles. The van der Waals surface area contributed by atoms with Gasteiger partial charge in [0.1, 0.15) is 5.75 Å². The largest absolute Gasteiger partial charge is 0.497 e. The number of nitrogens with zero attached hydrogens (tertiary/aromatic N) is 2. The first kappa shape index (κ1) is 14.9. The van der Waals surface area contributed by atoms with Crippen molar-refractivity contribution in [2.24, 2.45) is 0 Å². The number of nitrogens with one attached hydrogen (secondary N) is 1. The summed E-state index contributed by atoms with van der Waals surface area (Å²) in [6, 6.07) is 8.25. The lowest BCUT2D eigenvalue weighted by atomic mass is 9.75. The number of methoxy groups -OCH3 is 1. The number of piperidine rings is 1. The van der Waals surface area contributed by atoms with E-state index < -0.39 is 0 Å². The third-order valence-electron chi connectivity index (χ3n) is 4.81. The summed E-state index contributed by atoms with van der Waals surface area (Å²) in [6.07, 6.45) is 2.77. The Morgan fingerprint density at radius 1 is 1.41 bits per heavy atom. The lowest BCUT2D eigenvalue weighted by molar-refractivity contribution is -0.124. The molecule has 22 heavy (non-hydrogen) atoms. The van der Waals surface area contributed by atoms with E-state index in [2.05, 4.69) is 22.4 Å². The summed E-state index contributed by atoms with van der Waals surface area (Å²) in [5, 5.41) is 11.9. The highest BCUT2D eigenvalue weighted by molar-refractivity contribution is 5.82. The van der Waals surface area contributed by atoms with Crippen molar-refractivity contribution >= 4 is 5.91 Å². The molecule has 1 amide bonds. The van der Waals surface area contributed by atoms with E-state index in [9.17, 15) is 4.79 Å². The molecule has 0 radical (unpaired) electrons. The van der Waals surface area contributed by atoms with E-state index in [1.807, 2.05) is 12.1 Å². The number of likely N-dealkylation sites (tertiary alicyclic amines) is 1. The number of nitriles is 1. The van der Waals surface area contributed by atoms with Gasteiger partial charge in [0.15, 0.2) is 0 Å². The van der Waals surface area contributed by atoms with Crippen molar-refractivity contribution in [2.45, 2.75) is 31.2 Å². The molecule has 5 heteroatoms. The third-order valence-corrected chi connectivity index (χ3v) is 4.81. The van der Waals surface area contributed by atoms with Crippen LogP contribution in [0.4, 0.5) is 0 Å². The first-order chi connectivity index (χ1) is 10.7. The monoisotopic (exact) mass is 299 g/mol. The number of carbonyl (C=O) groups is 1. The zero-order valence-corrected chi connectivity index (χ0v) is 12.9. The minimum absolute atomic E-state index is 0.0891. The Morgan fingerprint density at radius 3 is 2.86 bits per heavy atom. The van der Waals surface area contributed by atoms with Gasteiger partial charge >= 0.3 is 0 Å². The quantitative estimate of drug-likeness (QED) is 0.920. The molecule has 2 aliphatic rings. The van der Waals surface area contributed by atoms with Gasteiger partial charge in [0.05, 0.1) is 25.1 Å². The fourth-order valence-electron chi connectivity index (χ4n) is 3.62. The maximum Gasteiger partial charge on any atom is 0.225 e. The predicted molar refractivity (Wildman–Crippen MR) is 82.4 cm³/mol. The highest BCUT2D eigenvalue weighted by atomic mass is 16.5. The highest BCUT2D eigenvalue weighted by Crippen LogP contribution is 2.39. The minimum atomic E-state index is -0.250. The summed E-state index contributed by atoms with van der Waals surface area (Å²) in [6.45, 7) is 2.64. The fraction of sp³-hybridized carbons (Fsp3) is 0.529. The summed E-state index contributed by atoms with van der Waals surface area (Å²) in [4.78, 5) is 14.4. The number of fused-ring (bicyclic) bond motifs is 2. The van der Waals surface area contributed by atoms with Gasteiger partial charge in [-0.3, -0.25) is 4.79 Å². The molecule has 0 aliphatic carbocycles. The fourth-order valence-corrected chi connectivity index (χ4v) is 3.62. The number of rotatable bonds is 3. The second-order valence-corrected chi connectivity index (χ2v) is 6.08. The Kier molecular flexibility index (Phi) is 4.04. The molecule has 1 fully saturated rings. The maximum absolute atomic E-state index is 12.1. The highest BCUT2D eigenvalue weighted by Gasteiger charge is 2.41. The summed E-state index contributed by atoms with van der Waals surface area (Å²) in [7, 11) is 1.65. The first-order valence-corrected chi connectivity index (χ1v) is 7.74. The van der Waals surface area contributed by atoms with Crippen molar-refractivity contribution in [1.82, 2.24) is 10.2 Å². The summed E-state index contributed by atoms with van der Waals surface area (Å²) in [5.41, 5.74) is 2.06. The smallest absolute Gasteiger partial charge is 0.225 e. The molecule has 5 nitrogen and oxygen atoms in total. The van der Waals surface area contributed by atoms with Crippen LogP contribution in [0.5, 0.6) is 5.75 Å². The number of carbonyl (C=O) groups excluding carboxylic acids is 1. The molecule has 116 valence electrons. The van der Waals surface area contributed by atoms with Crippen molar-refractivity contribution in [3.8, 4) is 11.8 Å². The molecule has 0 saturated carbocycles. The van der Waals surface area contributed by atoms with Gasteiger partial charge in [-0.2, -0.15) is 5.26 Å². The SMILES string of the molecule is COc1ccc2c(c1)CC(=O)NC21CCN(CCC#N)CC1. The number of hydrogen-bond donors (Lipinski definition) is 1. The molecular weight excluding hydrogens is 278 g/mol. The molecule has 1 aromatic carbocycles. The average molecular weight is 299 g/mol. The Hall–Kier alpha value is -2.06. The van der Waals surface area contributed by atoms with Crippen LogP contribution in [-0.2, 0) is 16.8 Å². The molecule has 0 unspecified atom stereocenters. The van der Waals surface area contributed by atoms with Crippen LogP contribution in [-0.4, -0.2) is 37.6 Å². The van der Waals surface area contributed by atoms with E-state index in [1.54, 1.807) is 7.11 Å². The standard InChI is InChI=1S/C17H21N3O2/c1-22-14-3-4-15-13(11-14)12-16(21)19-17(15)5-9-20(10-6-17)8-2-7-18/h3-4,11H,2,5-6,8-10,12H2,1H3,(H,19,21). The van der Waals surface area contributed by atoms with Gasteiger partial charge in [-0.25, -0.2) is 0 Å². The number of hydrogen-bond acceptors (Lipinski definition) is 4. The van der Waals surface area contributed by atoms with Crippen LogP contribution < -0.4 is 10.1 Å². The van der Waals surface area contributed by atoms with E-state index in [-0.39, 0.29) is 11.4 Å². The van der Waals surface area contributed by atoms with E-state index in [0.29, 0.717) is 12.8 Å². The number of amides is 1. The van der Waals surface area contributed by atoms with Crippen LogP contribution in [0.3, 0.4) is 0 Å². The second-order valence-electron chi connectivity index (χ2n) is 6.08. The van der Waals surface area contributed by atoms with Crippen LogP contribution in [0.1, 0.15) is 30.4 Å². The molecule has 0 aromatic heterocycles. The molecule has 0 atom stereocenters. The van der Waals surface area contributed by atoms with Crippen molar-refractivity contribution in [3.05, 3.63) is 29.3 Å². The summed E-state index contributed by atoms with van der Waals surface area (Å²) < 4.78 is 5.28. The van der Waals surface area contributed by atoms with Crippen LogP contribution in [0.25, 0.3) is 0 Å². The molecule has 0 bridgehead atoms. The van der Waals surface area contributed by atoms with Crippen molar-refractivity contribution in [2.75, 3.05) is 26.7 Å². The second kappa shape index (κ2) is 5.98. The van der Waals surface area contributed by atoms with Gasteiger partial charge in [-0.15, -0.1) is 0 Å². The topological polar surface area (TPSA) is 65.4 Å². The van der Waals surface area contributed by atoms with Gasteiger partial charge in [0.25, 0.3) is 0 Å². The van der Waals surface area contributed by atoms with Crippen LogP contribution in [0.2, 0.25) is 0 Å². The lowest BCUT2D eigenvalue weighted by Gasteiger charge is -2.45. The van der Waals surface area contributed by atoms with E-state index >= 15 is 0 Å². The molecule has 1 aromatic rings. The first-order valence-electron chi connectivity index (χ1n) is 7.74. The van der Waals surface area contributed by atoms with Crippen LogP contribution >= 0.6 is 0 Å². The van der Waals surface area contributed by atoms with Crippen LogP contribution in [0.15, 0.2) is 18.2 Å². The molecule has 2 aliphatic heterocycles. The lowest BCUT2D eigenvalue weighted by Crippen LogP contribution is -2.56. The zero-order chi connectivity index (χ0) is 15.6.